The molecule has 0 bridgehead atoms. The molecule has 0 radical (unpaired) electrons. The van der Waals surface area contributed by atoms with Gasteiger partial charge in [0.15, 0.2) is 0 Å². The molecule has 0 aliphatic heterocycles. The van der Waals surface area contributed by atoms with Crippen molar-refractivity contribution < 1.29 is 27.6 Å². The largest absolute Gasteiger partial charge is 0.588 e. The molecule has 7 heteroatoms. The van der Waals surface area contributed by atoms with E-state index < -0.39 is 13.9 Å². The summed E-state index contributed by atoms with van der Waals surface area (Å²) in [5.74, 6) is 6.29. The maximum absolute atomic E-state index is 13.1. The van der Waals surface area contributed by atoms with Crippen LogP contribution in [0.5, 0.6) is 11.5 Å². The molecule has 26 heavy (non-hydrogen) atoms. The standard InChI is InChI=1S/C19H21O6P/c1-17(10-9-15-22-16-21-2)23-26(20,24-18-11-5-3-6-12-18)25-19-13-7-4-8-14-19/h3-8,11-14,17H,15-16H2,1-2H3/t17-/m0/s1. The lowest BCUT2D eigenvalue weighted by molar-refractivity contribution is -0.0166. The minimum atomic E-state index is -3.95. The first-order valence-electron chi connectivity index (χ1n) is 7.94. The molecule has 138 valence electrons. The maximum Gasteiger partial charge on any atom is 0.588 e. The first-order valence-corrected chi connectivity index (χ1v) is 9.40. The topological polar surface area (TPSA) is 63.2 Å². The summed E-state index contributed by atoms with van der Waals surface area (Å²) in [5.41, 5.74) is 0. The molecule has 0 spiro atoms. The van der Waals surface area contributed by atoms with Crippen LogP contribution in [0.1, 0.15) is 6.92 Å². The van der Waals surface area contributed by atoms with E-state index in [1.54, 1.807) is 55.5 Å². The summed E-state index contributed by atoms with van der Waals surface area (Å²) >= 11 is 0. The van der Waals surface area contributed by atoms with Gasteiger partial charge >= 0.3 is 7.82 Å². The van der Waals surface area contributed by atoms with E-state index in [1.807, 2.05) is 12.1 Å². The third-order valence-electron chi connectivity index (χ3n) is 2.89. The second kappa shape index (κ2) is 10.6. The number of phosphoric ester groups is 1. The molecule has 0 fully saturated rings. The SMILES string of the molecule is COCOCC#C[C@H](C)OP(=O)(Oc1ccccc1)Oc1ccccc1. The molecule has 0 aromatic heterocycles. The lowest BCUT2D eigenvalue weighted by Gasteiger charge is -2.20. The van der Waals surface area contributed by atoms with E-state index in [2.05, 4.69) is 11.8 Å². The zero-order valence-electron chi connectivity index (χ0n) is 14.7. The molecule has 0 saturated carbocycles. The van der Waals surface area contributed by atoms with Gasteiger partial charge < -0.3 is 18.5 Å². The highest BCUT2D eigenvalue weighted by atomic mass is 31.2. The zero-order chi connectivity index (χ0) is 18.7. The number of hydrogen-bond acceptors (Lipinski definition) is 6. The van der Waals surface area contributed by atoms with E-state index in [0.717, 1.165) is 0 Å². The van der Waals surface area contributed by atoms with Crippen LogP contribution in [0.3, 0.4) is 0 Å². The van der Waals surface area contributed by atoms with Crippen LogP contribution in [-0.4, -0.2) is 26.6 Å². The maximum atomic E-state index is 13.1. The Labute approximate surface area is 153 Å². The first kappa shape index (κ1) is 20.0. The Balaban J connectivity index is 2.08. The smallest absolute Gasteiger partial charge is 0.395 e. The summed E-state index contributed by atoms with van der Waals surface area (Å²) < 4.78 is 39.5. The van der Waals surface area contributed by atoms with Crippen molar-refractivity contribution in [3.8, 4) is 23.3 Å². The molecule has 0 aliphatic carbocycles. The zero-order valence-corrected chi connectivity index (χ0v) is 15.6. The van der Waals surface area contributed by atoms with Crippen molar-refractivity contribution in [2.24, 2.45) is 0 Å². The number of phosphoric acid groups is 1. The van der Waals surface area contributed by atoms with E-state index in [4.69, 9.17) is 23.0 Å². The monoisotopic (exact) mass is 376 g/mol. The van der Waals surface area contributed by atoms with E-state index in [1.165, 1.54) is 7.11 Å². The lowest BCUT2D eigenvalue weighted by Crippen LogP contribution is -2.11. The fraction of sp³-hybridized carbons (Fsp3) is 0.263. The first-order chi connectivity index (χ1) is 12.6. The Bertz CT molecular complexity index is 708. The van der Waals surface area contributed by atoms with Crippen LogP contribution in [0.15, 0.2) is 60.7 Å². The molecule has 2 aromatic rings. The average Bonchev–Trinajstić information content (AvgIpc) is 2.63. The molecule has 0 N–H and O–H groups in total. The van der Waals surface area contributed by atoms with Crippen LogP contribution >= 0.6 is 7.82 Å². The van der Waals surface area contributed by atoms with Crippen molar-refractivity contribution >= 4 is 7.82 Å². The summed E-state index contributed by atoms with van der Waals surface area (Å²) in [4.78, 5) is 0. The summed E-state index contributed by atoms with van der Waals surface area (Å²) in [5, 5.41) is 0. The van der Waals surface area contributed by atoms with Crippen molar-refractivity contribution in [2.75, 3.05) is 20.5 Å². The van der Waals surface area contributed by atoms with Gasteiger partial charge in [0, 0.05) is 7.11 Å². The van der Waals surface area contributed by atoms with Crippen LogP contribution in [0, 0.1) is 11.8 Å². The molecule has 6 nitrogen and oxygen atoms in total. The van der Waals surface area contributed by atoms with Crippen molar-refractivity contribution in [1.29, 1.82) is 0 Å². The van der Waals surface area contributed by atoms with Crippen molar-refractivity contribution in [3.05, 3.63) is 60.7 Å². The number of rotatable bonds is 9. The van der Waals surface area contributed by atoms with Gasteiger partial charge in [0.05, 0.1) is 0 Å². The third kappa shape index (κ3) is 7.30. The van der Waals surface area contributed by atoms with Crippen LogP contribution in [-0.2, 0) is 18.6 Å². The number of benzene rings is 2. The second-order valence-electron chi connectivity index (χ2n) is 5.08. The number of para-hydroxylation sites is 2. The summed E-state index contributed by atoms with van der Waals surface area (Å²) in [6.45, 7) is 1.97. The Morgan fingerprint density at radius 1 is 0.962 bits per heavy atom. The minimum Gasteiger partial charge on any atom is -0.395 e. The minimum absolute atomic E-state index is 0.149. The predicted molar refractivity (Wildman–Crippen MR) is 97.9 cm³/mol. The Morgan fingerprint density at radius 3 is 2.00 bits per heavy atom. The van der Waals surface area contributed by atoms with E-state index in [9.17, 15) is 4.57 Å². The van der Waals surface area contributed by atoms with Crippen molar-refractivity contribution in [3.63, 3.8) is 0 Å². The Morgan fingerprint density at radius 2 is 1.50 bits per heavy atom. The van der Waals surface area contributed by atoms with E-state index in [-0.39, 0.29) is 13.4 Å². The molecule has 1 atom stereocenters. The third-order valence-corrected chi connectivity index (χ3v) is 4.33. The van der Waals surface area contributed by atoms with Gasteiger partial charge in [-0.15, -0.1) is 0 Å². The fourth-order valence-electron chi connectivity index (χ4n) is 1.86. The van der Waals surface area contributed by atoms with Gasteiger partial charge in [-0.25, -0.2) is 4.57 Å². The van der Waals surface area contributed by atoms with Gasteiger partial charge in [-0.05, 0) is 31.2 Å². The predicted octanol–water partition coefficient (Wildman–Crippen LogP) is 4.28. The normalized spacial score (nSPS) is 11.9. The molecule has 0 saturated heterocycles. The number of ether oxygens (including phenoxy) is 2. The fourth-order valence-corrected chi connectivity index (χ4v) is 3.19. The van der Waals surface area contributed by atoms with Crippen molar-refractivity contribution in [1.82, 2.24) is 0 Å². The van der Waals surface area contributed by atoms with Gasteiger partial charge in [0.2, 0.25) is 0 Å². The van der Waals surface area contributed by atoms with Gasteiger partial charge in [-0.1, -0.05) is 48.2 Å². The Kier molecular flexibility index (Phi) is 8.20. The van der Waals surface area contributed by atoms with Gasteiger partial charge in [0.25, 0.3) is 0 Å². The van der Waals surface area contributed by atoms with Crippen LogP contribution in [0.2, 0.25) is 0 Å². The van der Waals surface area contributed by atoms with Crippen LogP contribution in [0.4, 0.5) is 0 Å². The van der Waals surface area contributed by atoms with Crippen LogP contribution in [0.25, 0.3) is 0 Å². The summed E-state index contributed by atoms with van der Waals surface area (Å²) in [6, 6.07) is 17.4. The lowest BCUT2D eigenvalue weighted by atomic mass is 10.3. The van der Waals surface area contributed by atoms with Crippen LogP contribution < -0.4 is 9.05 Å². The molecule has 0 amide bonds. The van der Waals surface area contributed by atoms with Gasteiger partial charge in [0.1, 0.15) is 31.0 Å². The number of methoxy groups -OCH3 is 1. The summed E-state index contributed by atoms with van der Waals surface area (Å²) in [6.07, 6.45) is -0.695. The highest BCUT2D eigenvalue weighted by Crippen LogP contribution is 2.50. The molecule has 0 unspecified atom stereocenters. The highest BCUT2D eigenvalue weighted by molar-refractivity contribution is 7.49. The molecular weight excluding hydrogens is 355 g/mol. The Hall–Kier alpha value is -2.29. The average molecular weight is 376 g/mol. The molecule has 0 heterocycles. The van der Waals surface area contributed by atoms with Crippen molar-refractivity contribution in [2.45, 2.75) is 13.0 Å². The van der Waals surface area contributed by atoms with Gasteiger partial charge in [-0.3, -0.25) is 4.52 Å². The molecular formula is C19H21O6P. The number of hydrogen-bond donors (Lipinski definition) is 0. The molecule has 2 aromatic carbocycles. The van der Waals surface area contributed by atoms with E-state index in [0.29, 0.717) is 11.5 Å². The van der Waals surface area contributed by atoms with Gasteiger partial charge in [-0.2, -0.15) is 0 Å². The highest BCUT2D eigenvalue weighted by Gasteiger charge is 2.33. The molecule has 2 rings (SSSR count). The van der Waals surface area contributed by atoms with E-state index >= 15 is 0 Å². The quantitative estimate of drug-likeness (QED) is 0.282. The molecule has 0 aliphatic rings. The summed E-state index contributed by atoms with van der Waals surface area (Å²) in [7, 11) is -2.42. The second-order valence-corrected chi connectivity index (χ2v) is 6.55.